The summed E-state index contributed by atoms with van der Waals surface area (Å²) in [5.74, 6) is 0. The van der Waals surface area contributed by atoms with E-state index in [1.165, 1.54) is 4.86 Å². The van der Waals surface area contributed by atoms with E-state index in [9.17, 15) is 0 Å². The van der Waals surface area contributed by atoms with Crippen molar-refractivity contribution in [1.29, 1.82) is 0 Å². The largest absolute Gasteiger partial charge is 0.290 e. The van der Waals surface area contributed by atoms with Gasteiger partial charge in [0.2, 0.25) is 0 Å². The van der Waals surface area contributed by atoms with Crippen molar-refractivity contribution in [3.05, 3.63) is 0 Å². The molecule has 0 radical (unpaired) electrons. The lowest BCUT2D eigenvalue weighted by Gasteiger charge is -2.09. The van der Waals surface area contributed by atoms with E-state index in [4.69, 9.17) is 12.2 Å². The minimum absolute atomic E-state index is 0.653. The first-order chi connectivity index (χ1) is 3.70. The second-order valence-corrected chi connectivity index (χ2v) is 4.11. The number of halogens is 1. The van der Waals surface area contributed by atoms with Gasteiger partial charge in [-0.05, 0) is 7.05 Å². The molecule has 0 aromatic heterocycles. The lowest BCUT2D eigenvalue weighted by Crippen LogP contribution is -2.18. The van der Waals surface area contributed by atoms with Crippen LogP contribution in [0.1, 0.15) is 6.42 Å². The standard InChI is InChI=1S/C5H8INS/c1-7-3-4(8)2-5(7)6/h5H,2-3H2,1H3. The number of alkyl halides is 1. The molecule has 0 aromatic carbocycles. The highest BCUT2D eigenvalue weighted by Crippen LogP contribution is 2.18. The van der Waals surface area contributed by atoms with Crippen LogP contribution in [0.5, 0.6) is 0 Å². The quantitative estimate of drug-likeness (QED) is 0.273. The average molecular weight is 241 g/mol. The van der Waals surface area contributed by atoms with Crippen LogP contribution in [0.3, 0.4) is 0 Å². The van der Waals surface area contributed by atoms with Crippen molar-refractivity contribution in [1.82, 2.24) is 4.90 Å². The van der Waals surface area contributed by atoms with Gasteiger partial charge in [0.15, 0.2) is 0 Å². The van der Waals surface area contributed by atoms with Gasteiger partial charge in [-0.2, -0.15) is 0 Å². The van der Waals surface area contributed by atoms with Gasteiger partial charge >= 0.3 is 0 Å². The van der Waals surface area contributed by atoms with Crippen molar-refractivity contribution >= 4 is 39.7 Å². The van der Waals surface area contributed by atoms with Crippen molar-refractivity contribution in [3.8, 4) is 0 Å². The number of hydrogen-bond donors (Lipinski definition) is 0. The van der Waals surface area contributed by atoms with E-state index in [-0.39, 0.29) is 0 Å². The van der Waals surface area contributed by atoms with Crippen LogP contribution in [0.25, 0.3) is 0 Å². The summed E-state index contributed by atoms with van der Waals surface area (Å²) in [7, 11) is 2.11. The van der Waals surface area contributed by atoms with Gasteiger partial charge in [-0.1, -0.05) is 34.8 Å². The molecule has 0 spiro atoms. The molecule has 0 bridgehead atoms. The summed E-state index contributed by atoms with van der Waals surface area (Å²) < 4.78 is 0.653. The molecule has 1 saturated heterocycles. The van der Waals surface area contributed by atoms with E-state index in [1.54, 1.807) is 0 Å². The van der Waals surface area contributed by atoms with Gasteiger partial charge in [-0.25, -0.2) is 0 Å². The maximum atomic E-state index is 5.03. The topological polar surface area (TPSA) is 3.24 Å². The Morgan fingerprint density at radius 2 is 2.50 bits per heavy atom. The summed E-state index contributed by atoms with van der Waals surface area (Å²) in [5, 5.41) is 0. The molecule has 0 aliphatic carbocycles. The highest BCUT2D eigenvalue weighted by Gasteiger charge is 2.21. The zero-order chi connectivity index (χ0) is 6.15. The molecule has 1 nitrogen and oxygen atoms in total. The third-order valence-corrected chi connectivity index (χ3v) is 2.99. The Morgan fingerprint density at radius 3 is 2.62 bits per heavy atom. The highest BCUT2D eigenvalue weighted by molar-refractivity contribution is 14.1. The maximum Gasteiger partial charge on any atom is 0.0665 e. The predicted octanol–water partition coefficient (Wildman–Crippen LogP) is 1.45. The van der Waals surface area contributed by atoms with Crippen LogP contribution >= 0.6 is 34.8 Å². The molecule has 1 atom stereocenters. The first-order valence-corrected chi connectivity index (χ1v) is 4.21. The Kier molecular flexibility index (Phi) is 2.22. The summed E-state index contributed by atoms with van der Waals surface area (Å²) in [6.07, 6.45) is 1.10. The molecule has 1 heterocycles. The third-order valence-electron chi connectivity index (χ3n) is 1.30. The van der Waals surface area contributed by atoms with Crippen LogP contribution < -0.4 is 0 Å². The minimum Gasteiger partial charge on any atom is -0.290 e. The summed E-state index contributed by atoms with van der Waals surface area (Å²) in [6.45, 7) is 1.02. The van der Waals surface area contributed by atoms with Crippen LogP contribution in [0, 0.1) is 0 Å². The fraction of sp³-hybridized carbons (Fsp3) is 0.800. The molecule has 1 aliphatic heterocycles. The third kappa shape index (κ3) is 1.39. The monoisotopic (exact) mass is 241 g/mol. The van der Waals surface area contributed by atoms with Crippen molar-refractivity contribution in [3.63, 3.8) is 0 Å². The van der Waals surface area contributed by atoms with Gasteiger partial charge in [0.1, 0.15) is 0 Å². The Hall–Kier alpha value is 0.780. The molecule has 1 rings (SSSR count). The van der Waals surface area contributed by atoms with Crippen molar-refractivity contribution < 1.29 is 0 Å². The van der Waals surface area contributed by atoms with Crippen LogP contribution in [0.4, 0.5) is 0 Å². The van der Waals surface area contributed by atoms with E-state index in [0.29, 0.717) is 4.05 Å². The lowest BCUT2D eigenvalue weighted by molar-refractivity contribution is 0.413. The number of rotatable bonds is 0. The normalized spacial score (nSPS) is 31.8. The Balaban J connectivity index is 2.51. The zero-order valence-electron chi connectivity index (χ0n) is 4.72. The van der Waals surface area contributed by atoms with E-state index in [2.05, 4.69) is 34.5 Å². The number of thiocarbonyl (C=S) groups is 1. The summed E-state index contributed by atoms with van der Waals surface area (Å²) in [5.41, 5.74) is 0. The SMILES string of the molecule is CN1CC(=S)CC1I. The summed E-state index contributed by atoms with van der Waals surface area (Å²) in [4.78, 5) is 3.47. The van der Waals surface area contributed by atoms with Gasteiger partial charge in [-0.15, -0.1) is 0 Å². The molecule has 3 heteroatoms. The molecule has 1 unspecified atom stereocenters. The van der Waals surface area contributed by atoms with Crippen molar-refractivity contribution in [2.24, 2.45) is 0 Å². The zero-order valence-corrected chi connectivity index (χ0v) is 7.70. The Bertz CT molecular complexity index is 103. The minimum atomic E-state index is 0.653. The fourth-order valence-corrected chi connectivity index (χ4v) is 2.17. The average Bonchev–Trinajstić information content (AvgIpc) is 1.85. The molecule has 1 fully saturated rings. The smallest absolute Gasteiger partial charge is 0.0665 e. The molecule has 46 valence electrons. The van der Waals surface area contributed by atoms with Gasteiger partial charge < -0.3 is 0 Å². The molecular weight excluding hydrogens is 233 g/mol. The fourth-order valence-electron chi connectivity index (χ4n) is 0.785. The molecular formula is C5H8INS. The number of nitrogens with zero attached hydrogens (tertiary/aromatic N) is 1. The van der Waals surface area contributed by atoms with E-state index in [1.807, 2.05) is 0 Å². The van der Waals surface area contributed by atoms with E-state index in [0.717, 1.165) is 13.0 Å². The summed E-state index contributed by atoms with van der Waals surface area (Å²) in [6, 6.07) is 0. The number of hydrogen-bond acceptors (Lipinski definition) is 2. The molecule has 8 heavy (non-hydrogen) atoms. The maximum absolute atomic E-state index is 5.03. The molecule has 0 saturated carbocycles. The van der Waals surface area contributed by atoms with Crippen LogP contribution in [0.2, 0.25) is 0 Å². The van der Waals surface area contributed by atoms with Crippen LogP contribution in [-0.2, 0) is 0 Å². The van der Waals surface area contributed by atoms with Gasteiger partial charge in [0.25, 0.3) is 0 Å². The molecule has 0 aromatic rings. The van der Waals surface area contributed by atoms with Gasteiger partial charge in [0, 0.05) is 17.8 Å². The van der Waals surface area contributed by atoms with Crippen LogP contribution in [-0.4, -0.2) is 27.4 Å². The van der Waals surface area contributed by atoms with Crippen molar-refractivity contribution in [2.75, 3.05) is 13.6 Å². The molecule has 0 amide bonds. The van der Waals surface area contributed by atoms with Crippen molar-refractivity contribution in [2.45, 2.75) is 10.5 Å². The first-order valence-electron chi connectivity index (χ1n) is 2.56. The molecule has 0 N–H and O–H groups in total. The Morgan fingerprint density at radius 1 is 1.88 bits per heavy atom. The summed E-state index contributed by atoms with van der Waals surface area (Å²) >= 11 is 7.44. The van der Waals surface area contributed by atoms with Gasteiger partial charge in [0.05, 0.1) is 4.05 Å². The van der Waals surface area contributed by atoms with Gasteiger partial charge in [-0.3, -0.25) is 4.90 Å². The second kappa shape index (κ2) is 2.58. The second-order valence-electron chi connectivity index (χ2n) is 2.09. The van der Waals surface area contributed by atoms with E-state index < -0.39 is 0 Å². The highest BCUT2D eigenvalue weighted by atomic mass is 127. The first kappa shape index (κ1) is 6.89. The van der Waals surface area contributed by atoms with Crippen LogP contribution in [0.15, 0.2) is 0 Å². The Labute approximate surface area is 68.6 Å². The molecule has 1 aliphatic rings. The van der Waals surface area contributed by atoms with E-state index >= 15 is 0 Å². The lowest BCUT2D eigenvalue weighted by atomic mass is 10.4. The number of likely N-dealkylation sites (tertiary alicyclic amines) is 1. The predicted molar refractivity (Wildman–Crippen MR) is 47.7 cm³/mol.